The molecular formula is C27H24F2N2O. The van der Waals surface area contributed by atoms with Crippen LogP contribution in [0.4, 0.5) is 8.78 Å². The normalized spacial score (nSPS) is 15.5. The minimum atomic E-state index is -0.306. The molecule has 0 fully saturated rings. The molecule has 1 aromatic heterocycles. The zero-order valence-electron chi connectivity index (χ0n) is 17.7. The van der Waals surface area contributed by atoms with Gasteiger partial charge in [0.25, 0.3) is 0 Å². The van der Waals surface area contributed by atoms with Gasteiger partial charge in [0.1, 0.15) is 11.6 Å². The molecule has 3 aromatic carbocycles. The van der Waals surface area contributed by atoms with Crippen LogP contribution >= 0.6 is 0 Å². The van der Waals surface area contributed by atoms with E-state index in [2.05, 4.69) is 22.0 Å². The first-order valence-electron chi connectivity index (χ1n) is 10.9. The lowest BCUT2D eigenvalue weighted by Gasteiger charge is -2.23. The molecule has 162 valence electrons. The number of halogens is 2. The van der Waals surface area contributed by atoms with Crippen LogP contribution in [0.25, 0.3) is 10.9 Å². The van der Waals surface area contributed by atoms with Crippen LogP contribution in [0.2, 0.25) is 0 Å². The minimum absolute atomic E-state index is 0.0409. The van der Waals surface area contributed by atoms with Gasteiger partial charge in [-0.2, -0.15) is 0 Å². The number of carbonyl (C=O) groups is 1. The second kappa shape index (κ2) is 8.58. The molecule has 1 amide bonds. The largest absolute Gasteiger partial charge is 0.352 e. The fourth-order valence-corrected chi connectivity index (χ4v) is 4.79. The van der Waals surface area contributed by atoms with Crippen LogP contribution in [0.3, 0.4) is 0 Å². The Morgan fingerprint density at radius 3 is 2.66 bits per heavy atom. The number of rotatable bonds is 5. The maximum atomic E-state index is 13.9. The molecule has 1 aliphatic rings. The number of hydrogen-bond donors (Lipinski definition) is 1. The number of aromatic nitrogens is 1. The Bertz CT molecular complexity index is 1290. The first-order valence-corrected chi connectivity index (χ1v) is 10.9. The third-order valence-electron chi connectivity index (χ3n) is 6.39. The van der Waals surface area contributed by atoms with E-state index in [4.69, 9.17) is 0 Å². The average molecular weight is 430 g/mol. The summed E-state index contributed by atoms with van der Waals surface area (Å²) < 4.78 is 29.9. The summed E-state index contributed by atoms with van der Waals surface area (Å²) in [5.41, 5.74) is 4.92. The topological polar surface area (TPSA) is 34.0 Å². The number of hydrogen-bond acceptors (Lipinski definition) is 1. The van der Waals surface area contributed by atoms with Crippen LogP contribution in [0.5, 0.6) is 0 Å². The number of nitrogens with one attached hydrogen (secondary N) is 1. The zero-order chi connectivity index (χ0) is 22.1. The van der Waals surface area contributed by atoms with Gasteiger partial charge < -0.3 is 9.88 Å². The molecule has 0 spiro atoms. The number of carbonyl (C=O) groups excluding carboxylic acids is 1. The Kier molecular flexibility index (Phi) is 5.48. The summed E-state index contributed by atoms with van der Waals surface area (Å²) in [4.78, 5) is 12.9. The molecule has 1 heterocycles. The van der Waals surface area contributed by atoms with E-state index in [1.807, 2.05) is 18.2 Å². The second-order valence-electron chi connectivity index (χ2n) is 8.41. The van der Waals surface area contributed by atoms with E-state index < -0.39 is 0 Å². The van der Waals surface area contributed by atoms with Crippen LogP contribution in [0.15, 0.2) is 72.8 Å². The molecule has 5 heteroatoms. The van der Waals surface area contributed by atoms with E-state index in [9.17, 15) is 13.6 Å². The third kappa shape index (κ3) is 3.91. The Balaban J connectivity index is 1.39. The van der Waals surface area contributed by atoms with E-state index in [1.54, 1.807) is 30.3 Å². The molecule has 0 saturated heterocycles. The number of amides is 1. The van der Waals surface area contributed by atoms with Crippen molar-refractivity contribution in [2.24, 2.45) is 5.92 Å². The van der Waals surface area contributed by atoms with Crippen LogP contribution in [0.1, 0.15) is 28.8 Å². The monoisotopic (exact) mass is 430 g/mol. The van der Waals surface area contributed by atoms with E-state index in [0.717, 1.165) is 29.3 Å². The van der Waals surface area contributed by atoms with Gasteiger partial charge in [0.15, 0.2) is 0 Å². The number of benzene rings is 3. The summed E-state index contributed by atoms with van der Waals surface area (Å²) in [5, 5.41) is 4.06. The van der Waals surface area contributed by atoms with Crippen molar-refractivity contribution in [3.8, 4) is 0 Å². The van der Waals surface area contributed by atoms with E-state index >= 15 is 0 Å². The van der Waals surface area contributed by atoms with Gasteiger partial charge in [-0.25, -0.2) is 8.78 Å². The Hall–Kier alpha value is -3.47. The Morgan fingerprint density at radius 2 is 1.81 bits per heavy atom. The van der Waals surface area contributed by atoms with Gasteiger partial charge in [-0.1, -0.05) is 48.5 Å². The highest BCUT2D eigenvalue weighted by atomic mass is 19.1. The number of nitrogens with zero attached hydrogens (tertiary/aromatic N) is 1. The van der Waals surface area contributed by atoms with Crippen LogP contribution < -0.4 is 5.32 Å². The molecule has 1 N–H and O–H groups in total. The molecule has 4 aromatic rings. The van der Waals surface area contributed by atoms with E-state index in [-0.39, 0.29) is 30.0 Å². The predicted molar refractivity (Wildman–Crippen MR) is 121 cm³/mol. The van der Waals surface area contributed by atoms with Crippen LogP contribution in [-0.2, 0) is 30.7 Å². The maximum absolute atomic E-state index is 13.9. The molecule has 0 saturated carbocycles. The van der Waals surface area contributed by atoms with Gasteiger partial charge in [-0.15, -0.1) is 0 Å². The van der Waals surface area contributed by atoms with Crippen LogP contribution in [0, 0.1) is 17.6 Å². The van der Waals surface area contributed by atoms with Gasteiger partial charge in [0.05, 0.1) is 0 Å². The zero-order valence-corrected chi connectivity index (χ0v) is 17.7. The lowest BCUT2D eigenvalue weighted by molar-refractivity contribution is -0.125. The van der Waals surface area contributed by atoms with Gasteiger partial charge in [-0.3, -0.25) is 4.79 Å². The summed E-state index contributed by atoms with van der Waals surface area (Å²) >= 11 is 0. The molecule has 0 radical (unpaired) electrons. The smallest absolute Gasteiger partial charge is 0.223 e. The number of para-hydroxylation sites is 1. The van der Waals surface area contributed by atoms with Crippen molar-refractivity contribution in [2.75, 3.05) is 0 Å². The Labute approximate surface area is 185 Å². The molecule has 0 bridgehead atoms. The van der Waals surface area contributed by atoms with Crippen LogP contribution in [-0.4, -0.2) is 10.5 Å². The van der Waals surface area contributed by atoms with Crippen molar-refractivity contribution in [1.82, 2.24) is 9.88 Å². The lowest BCUT2D eigenvalue weighted by atomic mass is 9.85. The summed E-state index contributed by atoms with van der Waals surface area (Å²) in [6.45, 7) is 0.786. The molecule has 32 heavy (non-hydrogen) atoms. The lowest BCUT2D eigenvalue weighted by Crippen LogP contribution is -2.34. The highest BCUT2D eigenvalue weighted by Gasteiger charge is 2.29. The van der Waals surface area contributed by atoms with Crippen molar-refractivity contribution in [2.45, 2.75) is 32.4 Å². The highest BCUT2D eigenvalue weighted by Crippen LogP contribution is 2.35. The molecule has 1 aliphatic carbocycles. The first kappa shape index (κ1) is 20.4. The summed E-state index contributed by atoms with van der Waals surface area (Å²) in [7, 11) is 0. The van der Waals surface area contributed by atoms with Gasteiger partial charge in [0, 0.05) is 41.2 Å². The van der Waals surface area contributed by atoms with Gasteiger partial charge in [0.2, 0.25) is 5.91 Å². The van der Waals surface area contributed by atoms with Crippen molar-refractivity contribution in [3.05, 3.63) is 107 Å². The quantitative estimate of drug-likeness (QED) is 0.453. The second-order valence-corrected chi connectivity index (χ2v) is 8.41. The van der Waals surface area contributed by atoms with Crippen molar-refractivity contribution < 1.29 is 13.6 Å². The molecule has 1 unspecified atom stereocenters. The van der Waals surface area contributed by atoms with E-state index in [0.29, 0.717) is 18.5 Å². The molecular weight excluding hydrogens is 406 g/mol. The minimum Gasteiger partial charge on any atom is -0.352 e. The first-order chi connectivity index (χ1) is 15.6. The van der Waals surface area contributed by atoms with Crippen molar-refractivity contribution in [1.29, 1.82) is 0 Å². The fourth-order valence-electron chi connectivity index (χ4n) is 4.79. The standard InChI is InChI=1S/C27H24F2N2O/c28-21-8-5-6-18(14-21)17-31-25-11-4-2-9-22(25)23-15-19(12-13-26(23)31)27(32)30-16-20-7-1-3-10-24(20)29/h1-11,14,19H,12-13,15-17H2,(H,30,32). The molecule has 3 nitrogen and oxygen atoms in total. The van der Waals surface area contributed by atoms with E-state index in [1.165, 1.54) is 23.4 Å². The summed E-state index contributed by atoms with van der Waals surface area (Å²) in [5.74, 6) is -0.734. The number of fused-ring (bicyclic) bond motifs is 3. The molecule has 0 aliphatic heterocycles. The summed E-state index contributed by atoms with van der Waals surface area (Å²) in [6, 6.07) is 21.4. The fraction of sp³-hybridized carbons (Fsp3) is 0.222. The Morgan fingerprint density at radius 1 is 1.00 bits per heavy atom. The summed E-state index contributed by atoms with van der Waals surface area (Å²) in [6.07, 6.45) is 2.15. The third-order valence-corrected chi connectivity index (χ3v) is 6.39. The molecule has 5 rings (SSSR count). The van der Waals surface area contributed by atoms with Crippen molar-refractivity contribution >= 4 is 16.8 Å². The van der Waals surface area contributed by atoms with Gasteiger partial charge in [-0.05, 0) is 54.7 Å². The average Bonchev–Trinajstić information content (AvgIpc) is 3.11. The van der Waals surface area contributed by atoms with Gasteiger partial charge >= 0.3 is 0 Å². The highest BCUT2D eigenvalue weighted by molar-refractivity contribution is 5.88. The SMILES string of the molecule is O=C(NCc1ccccc1F)C1CCc2c(c3ccccc3n2Cc2cccc(F)c2)C1. The molecule has 1 atom stereocenters. The maximum Gasteiger partial charge on any atom is 0.223 e. The van der Waals surface area contributed by atoms with Crippen molar-refractivity contribution in [3.63, 3.8) is 0 Å². The predicted octanol–water partition coefficient (Wildman–Crippen LogP) is 5.39.